The number of nitrogens with one attached hydrogen (secondary N) is 6. The Morgan fingerprint density at radius 2 is 1.71 bits per heavy atom. The van der Waals surface area contributed by atoms with E-state index in [1.165, 1.54) is 41.1 Å². The summed E-state index contributed by atoms with van der Waals surface area (Å²) in [4.78, 5) is 65.1. The number of aromatic amines is 1. The molecular formula is C64H72ClN11O9S. The molecule has 5 heterocycles. The molecule has 22 heteroatoms. The Labute approximate surface area is 505 Å². The molecule has 3 aliphatic heterocycles. The van der Waals surface area contributed by atoms with Crippen molar-refractivity contribution in [2.24, 2.45) is 11.3 Å². The number of benzene rings is 4. The highest BCUT2D eigenvalue weighted by atomic mass is 35.5. The highest BCUT2D eigenvalue weighted by Gasteiger charge is 2.40. The first-order chi connectivity index (χ1) is 41.4. The lowest BCUT2D eigenvalue weighted by atomic mass is 9.72. The topological polar surface area (TPSA) is 254 Å². The lowest BCUT2D eigenvalue weighted by molar-refractivity contribution is -0.136. The quantitative estimate of drug-likeness (QED) is 0.0163. The van der Waals surface area contributed by atoms with E-state index in [4.69, 9.17) is 16.3 Å². The van der Waals surface area contributed by atoms with Crippen LogP contribution in [0.3, 0.4) is 0 Å². The largest absolute Gasteiger partial charge is 0.455 e. The molecule has 4 amide bonds. The average Bonchev–Trinajstić information content (AvgIpc) is 2.48. The number of amides is 4. The van der Waals surface area contributed by atoms with Crippen LogP contribution in [-0.4, -0.2) is 138 Å². The standard InChI is InChI=1S/C64H72ClN11O9S/c1-64(2)24-22-45(53(36-64)43-10-12-46(65)13-11-43)38-66-26-27-67-47-14-18-52(58(34-47)85-49-33-44-23-25-68-60(44)70-39-49)61(78)72-86(83,84)50-17-19-55(57(35-50)76(81)82)69-37-41-8-15-48(16-9-41)74-31-29-73(30-32-74)28-4-6-42-5-3-7-51-54(42)40-75(63(51)80)56-20-21-59(77)71-62(56)79/h3,5,7,10-14,17-19,23,25,33-35,39,41,48,56,66-67,69,81-82H,8-9,15-16,20-22,24,26-32,36-38,40H2,1-2H3,(H,68,70)(H,72,78)(H,71,77,79)/t41-,48-,56?. The van der Waals surface area contributed by atoms with E-state index in [0.29, 0.717) is 72.0 Å². The summed E-state index contributed by atoms with van der Waals surface area (Å²) in [5.41, 5.74) is 7.57. The van der Waals surface area contributed by atoms with E-state index < -0.39 is 27.9 Å². The van der Waals surface area contributed by atoms with Gasteiger partial charge < -0.3 is 30.6 Å². The molecule has 1 unspecified atom stereocenters. The van der Waals surface area contributed by atoms with Gasteiger partial charge in [0.05, 0.1) is 28.9 Å². The number of halogens is 1. The highest BCUT2D eigenvalue weighted by Crippen LogP contribution is 2.43. The molecule has 86 heavy (non-hydrogen) atoms. The Hall–Kier alpha value is -7.81. The van der Waals surface area contributed by atoms with Gasteiger partial charge in [-0.15, -0.1) is 5.23 Å². The molecular weight excluding hydrogens is 1130 g/mol. The van der Waals surface area contributed by atoms with Crippen LogP contribution in [0.25, 0.3) is 16.6 Å². The SMILES string of the molecule is CC1(C)CCC(CNCCNc2ccc(C(=O)NS(=O)(=O)c3ccc(NC[C@H]4CC[C@H](N5CCN(CC#Cc6cccc7c6CN(C6CCC(=O)NC6=O)C7=O)CC5)CC4)c(N(O)O)c3)c(Oc3cnc4[nH]ccc4c3)c2)=C(c2ccc(Cl)cc2)C1. The summed E-state index contributed by atoms with van der Waals surface area (Å²) in [7, 11) is -4.57. The Balaban J connectivity index is 0.664. The van der Waals surface area contributed by atoms with Gasteiger partial charge in [-0.05, 0) is 146 Å². The van der Waals surface area contributed by atoms with E-state index in [2.05, 4.69) is 83.6 Å². The molecule has 8 N–H and O–H groups in total. The summed E-state index contributed by atoms with van der Waals surface area (Å²) >= 11 is 6.22. The van der Waals surface area contributed by atoms with Gasteiger partial charge in [-0.2, -0.15) is 0 Å². The molecule has 4 aromatic carbocycles. The molecule has 1 saturated carbocycles. The van der Waals surface area contributed by atoms with Crippen molar-refractivity contribution in [3.8, 4) is 23.3 Å². The maximum absolute atomic E-state index is 14.1. The third-order valence-corrected chi connectivity index (χ3v) is 18.9. The number of hydrogen-bond donors (Lipinski definition) is 8. The van der Waals surface area contributed by atoms with Gasteiger partial charge in [-0.1, -0.05) is 61.1 Å². The number of carbonyl (C=O) groups is 4. The number of ether oxygens (including phenoxy) is 1. The van der Waals surface area contributed by atoms with Gasteiger partial charge in [0.2, 0.25) is 11.8 Å². The predicted octanol–water partition coefficient (Wildman–Crippen LogP) is 8.78. The number of anilines is 3. The van der Waals surface area contributed by atoms with Gasteiger partial charge in [0.25, 0.3) is 21.8 Å². The minimum atomic E-state index is -4.57. The lowest BCUT2D eigenvalue weighted by Gasteiger charge is -2.41. The van der Waals surface area contributed by atoms with Gasteiger partial charge in [0.15, 0.2) is 0 Å². The number of allylic oxidation sites excluding steroid dienone is 1. The summed E-state index contributed by atoms with van der Waals surface area (Å²) in [5.74, 6) is 5.38. The van der Waals surface area contributed by atoms with Crippen molar-refractivity contribution in [3.05, 3.63) is 142 Å². The lowest BCUT2D eigenvalue weighted by Crippen LogP contribution is -2.52. The van der Waals surface area contributed by atoms with E-state index in [1.54, 1.807) is 35.4 Å². The molecule has 0 radical (unpaired) electrons. The molecule has 1 atom stereocenters. The number of carbonyl (C=O) groups excluding carboxylic acids is 4. The third-order valence-electron chi connectivity index (χ3n) is 17.3. The highest BCUT2D eigenvalue weighted by molar-refractivity contribution is 7.90. The Bertz CT molecular complexity index is 3750. The van der Waals surface area contributed by atoms with Crippen LogP contribution >= 0.6 is 11.6 Å². The van der Waals surface area contributed by atoms with Gasteiger partial charge in [0.1, 0.15) is 28.9 Å². The smallest absolute Gasteiger partial charge is 0.268 e. The van der Waals surface area contributed by atoms with Crippen LogP contribution in [0.5, 0.6) is 11.5 Å². The molecule has 3 fully saturated rings. The number of aromatic nitrogens is 2. The van der Waals surface area contributed by atoms with Gasteiger partial charge in [0, 0.05) is 111 Å². The number of rotatable bonds is 19. The maximum atomic E-state index is 14.1. The second-order valence-electron chi connectivity index (χ2n) is 23.7. The zero-order valence-electron chi connectivity index (χ0n) is 48.3. The normalized spacial score (nSPS) is 20.0. The van der Waals surface area contributed by atoms with Crippen molar-refractivity contribution in [2.45, 2.75) is 95.2 Å². The first kappa shape index (κ1) is 59.9. The summed E-state index contributed by atoms with van der Waals surface area (Å²) in [6.45, 7) is 11.5. The Morgan fingerprint density at radius 1 is 0.907 bits per heavy atom. The minimum absolute atomic E-state index is 0.0623. The zero-order valence-corrected chi connectivity index (χ0v) is 49.8. The summed E-state index contributed by atoms with van der Waals surface area (Å²) in [5, 5.41) is 34.7. The molecule has 450 valence electrons. The van der Waals surface area contributed by atoms with Crippen LogP contribution in [0, 0.1) is 23.2 Å². The monoisotopic (exact) mass is 1210 g/mol. The van der Waals surface area contributed by atoms with Crippen LogP contribution < -0.4 is 36.0 Å². The number of sulfonamides is 1. The first-order valence-electron chi connectivity index (χ1n) is 29.4. The summed E-state index contributed by atoms with van der Waals surface area (Å²) in [6.07, 6.45) is 10.7. The number of imide groups is 1. The van der Waals surface area contributed by atoms with E-state index in [9.17, 15) is 38.0 Å². The van der Waals surface area contributed by atoms with Crippen LogP contribution in [-0.2, 0) is 26.2 Å². The third kappa shape index (κ3) is 14.0. The van der Waals surface area contributed by atoms with Crippen LogP contribution in [0.2, 0.25) is 5.02 Å². The van der Waals surface area contributed by atoms with E-state index in [1.807, 2.05) is 30.3 Å². The van der Waals surface area contributed by atoms with Gasteiger partial charge in [-0.3, -0.25) is 44.7 Å². The summed E-state index contributed by atoms with van der Waals surface area (Å²) < 4.78 is 36.4. The van der Waals surface area contributed by atoms with Crippen LogP contribution in [0.15, 0.2) is 114 Å². The fourth-order valence-corrected chi connectivity index (χ4v) is 13.6. The van der Waals surface area contributed by atoms with Crippen molar-refractivity contribution >= 4 is 78.9 Å². The molecule has 2 saturated heterocycles. The van der Waals surface area contributed by atoms with Crippen molar-refractivity contribution in [2.75, 3.05) is 74.8 Å². The molecule has 2 aliphatic carbocycles. The number of piperazine rings is 1. The number of H-pyrrole nitrogens is 1. The second-order valence-corrected chi connectivity index (χ2v) is 25.9. The van der Waals surface area contributed by atoms with Crippen molar-refractivity contribution < 1.29 is 42.7 Å². The van der Waals surface area contributed by atoms with Crippen molar-refractivity contribution in [1.82, 2.24) is 40.0 Å². The van der Waals surface area contributed by atoms with E-state index in [0.717, 1.165) is 100 Å². The van der Waals surface area contributed by atoms with Crippen LogP contribution in [0.1, 0.15) is 109 Å². The summed E-state index contributed by atoms with van der Waals surface area (Å²) in [6, 6.07) is 25.6. The van der Waals surface area contributed by atoms with E-state index >= 15 is 0 Å². The number of nitrogens with zero attached hydrogens (tertiary/aromatic N) is 5. The minimum Gasteiger partial charge on any atom is -0.455 e. The second kappa shape index (κ2) is 26.0. The number of hydrogen-bond acceptors (Lipinski definition) is 16. The molecule has 6 aromatic rings. The fourth-order valence-electron chi connectivity index (χ4n) is 12.5. The number of pyridine rings is 1. The molecule has 20 nitrogen and oxygen atoms in total. The molecule has 0 bridgehead atoms. The average molecular weight is 1210 g/mol. The molecule has 0 spiro atoms. The van der Waals surface area contributed by atoms with Gasteiger partial charge in [-0.25, -0.2) is 18.1 Å². The van der Waals surface area contributed by atoms with Gasteiger partial charge >= 0.3 is 0 Å². The van der Waals surface area contributed by atoms with Crippen molar-refractivity contribution in [3.63, 3.8) is 0 Å². The molecule has 5 aliphatic rings. The Kier molecular flexibility index (Phi) is 18.1. The Morgan fingerprint density at radius 3 is 2.49 bits per heavy atom. The first-order valence-corrected chi connectivity index (χ1v) is 31.3. The zero-order chi connectivity index (χ0) is 60.1. The fraction of sp³-hybridized carbons (Fsp3) is 0.391. The maximum Gasteiger partial charge on any atom is 0.268 e. The number of fused-ring (bicyclic) bond motifs is 2. The molecule has 11 rings (SSSR count). The van der Waals surface area contributed by atoms with E-state index in [-0.39, 0.29) is 63.2 Å². The van der Waals surface area contributed by atoms with Crippen molar-refractivity contribution in [1.29, 1.82) is 0 Å². The number of piperidine rings is 1. The van der Waals surface area contributed by atoms with Crippen LogP contribution in [0.4, 0.5) is 17.1 Å². The molecule has 2 aromatic heterocycles. The predicted molar refractivity (Wildman–Crippen MR) is 329 cm³/mol.